The van der Waals surface area contributed by atoms with Crippen molar-refractivity contribution in [2.24, 2.45) is 5.10 Å². The van der Waals surface area contributed by atoms with Crippen LogP contribution in [0.2, 0.25) is 0 Å². The van der Waals surface area contributed by atoms with E-state index in [1.54, 1.807) is 25.5 Å². The number of carboxylic acid groups (broad SMARTS) is 1. The van der Waals surface area contributed by atoms with Crippen LogP contribution in [0.25, 0.3) is 0 Å². The molecule has 2 aromatic carbocycles. The summed E-state index contributed by atoms with van der Waals surface area (Å²) in [6.07, 6.45) is 1.71. The van der Waals surface area contributed by atoms with Crippen molar-refractivity contribution in [1.82, 2.24) is 0 Å². The van der Waals surface area contributed by atoms with Crippen LogP contribution in [-0.2, 0) is 0 Å². The lowest BCUT2D eigenvalue weighted by molar-refractivity contribution is 0.0697. The van der Waals surface area contributed by atoms with Crippen molar-refractivity contribution in [1.29, 1.82) is 0 Å². The van der Waals surface area contributed by atoms with E-state index < -0.39 is 5.97 Å². The number of hydrazone groups is 1. The Hall–Kier alpha value is -3.02. The molecule has 0 aromatic heterocycles. The molecule has 0 aliphatic heterocycles. The maximum absolute atomic E-state index is 10.8. The molecule has 0 aliphatic carbocycles. The number of carbonyl (C=O) groups is 1. The number of rotatable bonds is 7. The molecule has 126 valence electrons. The lowest BCUT2D eigenvalue weighted by Crippen LogP contribution is -2.06. The van der Waals surface area contributed by atoms with Gasteiger partial charge in [-0.1, -0.05) is 0 Å². The highest BCUT2D eigenvalue weighted by molar-refractivity contribution is 5.88. The number of nitrogens with one attached hydrogen (secondary N) is 1. The molecule has 0 heterocycles. The van der Waals surface area contributed by atoms with Gasteiger partial charge >= 0.3 is 5.97 Å². The molecule has 6 heteroatoms. The van der Waals surface area contributed by atoms with Gasteiger partial charge in [-0.2, -0.15) is 5.10 Å². The van der Waals surface area contributed by atoms with Gasteiger partial charge < -0.3 is 14.6 Å². The molecule has 0 aliphatic rings. The van der Waals surface area contributed by atoms with E-state index in [2.05, 4.69) is 10.5 Å². The number of aromatic carboxylic acids is 1. The molecule has 0 radical (unpaired) electrons. The molecule has 24 heavy (non-hydrogen) atoms. The first-order valence-electron chi connectivity index (χ1n) is 7.46. The highest BCUT2D eigenvalue weighted by Gasteiger charge is 2.06. The fourth-order valence-electron chi connectivity index (χ4n) is 1.98. The van der Waals surface area contributed by atoms with E-state index in [0.717, 1.165) is 5.56 Å². The Labute approximate surface area is 140 Å². The second kappa shape index (κ2) is 8.01. The molecule has 0 amide bonds. The second-order valence-corrected chi connectivity index (χ2v) is 5.33. The van der Waals surface area contributed by atoms with Crippen LogP contribution in [0.5, 0.6) is 11.5 Å². The minimum atomic E-state index is -0.958. The lowest BCUT2D eigenvalue weighted by atomic mass is 10.2. The maximum atomic E-state index is 10.8. The summed E-state index contributed by atoms with van der Waals surface area (Å²) < 4.78 is 11.0. The average Bonchev–Trinajstić information content (AvgIpc) is 2.56. The monoisotopic (exact) mass is 328 g/mol. The van der Waals surface area contributed by atoms with E-state index in [1.165, 1.54) is 12.1 Å². The molecule has 0 saturated heterocycles. The van der Waals surface area contributed by atoms with Crippen molar-refractivity contribution in [3.05, 3.63) is 53.6 Å². The van der Waals surface area contributed by atoms with Gasteiger partial charge in [0.05, 0.1) is 30.7 Å². The van der Waals surface area contributed by atoms with Crippen LogP contribution in [0.4, 0.5) is 5.69 Å². The Bertz CT molecular complexity index is 724. The van der Waals surface area contributed by atoms with E-state index in [0.29, 0.717) is 17.2 Å². The highest BCUT2D eigenvalue weighted by Crippen LogP contribution is 2.28. The fourth-order valence-corrected chi connectivity index (χ4v) is 1.98. The van der Waals surface area contributed by atoms with Crippen LogP contribution in [0.3, 0.4) is 0 Å². The Kier molecular flexibility index (Phi) is 5.78. The van der Waals surface area contributed by atoms with Crippen molar-refractivity contribution in [2.75, 3.05) is 12.5 Å². The van der Waals surface area contributed by atoms with E-state index in [-0.39, 0.29) is 11.7 Å². The van der Waals surface area contributed by atoms with Crippen LogP contribution in [0.1, 0.15) is 29.8 Å². The molecule has 2 rings (SSSR count). The number of nitrogens with zero attached hydrogens (tertiary/aromatic N) is 1. The fraction of sp³-hybridized carbons (Fsp3) is 0.222. The predicted octanol–water partition coefficient (Wildman–Crippen LogP) is 3.63. The standard InChI is InChI=1S/C18H20N2O4/c1-12(2)24-16-9-4-13(10-17(16)23-3)11-19-20-15-7-5-14(6-8-15)18(21)22/h4-12,20H,1-3H3,(H,21,22). The number of hydrogen-bond acceptors (Lipinski definition) is 5. The number of carboxylic acids is 1. The molecular formula is C18H20N2O4. The Morgan fingerprint density at radius 3 is 2.46 bits per heavy atom. The number of ether oxygens (including phenoxy) is 2. The largest absolute Gasteiger partial charge is 0.493 e. The first-order valence-corrected chi connectivity index (χ1v) is 7.46. The van der Waals surface area contributed by atoms with E-state index in [4.69, 9.17) is 14.6 Å². The summed E-state index contributed by atoms with van der Waals surface area (Å²) in [7, 11) is 1.59. The minimum absolute atomic E-state index is 0.0638. The smallest absolute Gasteiger partial charge is 0.335 e. The van der Waals surface area contributed by atoms with Gasteiger partial charge in [0.15, 0.2) is 11.5 Å². The summed E-state index contributed by atoms with van der Waals surface area (Å²) in [4.78, 5) is 10.8. The molecule has 0 bridgehead atoms. The first-order chi connectivity index (χ1) is 11.5. The topological polar surface area (TPSA) is 80.2 Å². The Morgan fingerprint density at radius 2 is 1.88 bits per heavy atom. The van der Waals surface area contributed by atoms with E-state index >= 15 is 0 Å². The van der Waals surface area contributed by atoms with Crippen molar-refractivity contribution >= 4 is 17.9 Å². The second-order valence-electron chi connectivity index (χ2n) is 5.33. The quantitative estimate of drug-likeness (QED) is 0.599. The number of benzene rings is 2. The normalized spacial score (nSPS) is 10.8. The third-order valence-corrected chi connectivity index (χ3v) is 3.09. The minimum Gasteiger partial charge on any atom is -0.493 e. The van der Waals surface area contributed by atoms with Gasteiger partial charge in [0.25, 0.3) is 0 Å². The van der Waals surface area contributed by atoms with Gasteiger partial charge in [-0.3, -0.25) is 5.43 Å². The van der Waals surface area contributed by atoms with Gasteiger partial charge in [0, 0.05) is 0 Å². The molecule has 6 nitrogen and oxygen atoms in total. The molecule has 0 fully saturated rings. The molecule has 2 aromatic rings. The Morgan fingerprint density at radius 1 is 1.17 bits per heavy atom. The zero-order valence-electron chi connectivity index (χ0n) is 13.8. The number of anilines is 1. The Balaban J connectivity index is 2.04. The molecular weight excluding hydrogens is 308 g/mol. The van der Waals surface area contributed by atoms with Crippen molar-refractivity contribution < 1.29 is 19.4 Å². The van der Waals surface area contributed by atoms with Crippen molar-refractivity contribution in [2.45, 2.75) is 20.0 Å². The molecule has 0 atom stereocenters. The lowest BCUT2D eigenvalue weighted by Gasteiger charge is -2.13. The van der Waals surface area contributed by atoms with Crippen molar-refractivity contribution in [3.8, 4) is 11.5 Å². The predicted molar refractivity (Wildman–Crippen MR) is 93.4 cm³/mol. The van der Waals surface area contributed by atoms with Crippen LogP contribution >= 0.6 is 0 Å². The summed E-state index contributed by atoms with van der Waals surface area (Å²) in [5, 5.41) is 13.0. The highest BCUT2D eigenvalue weighted by atomic mass is 16.5. The zero-order chi connectivity index (χ0) is 17.5. The molecule has 2 N–H and O–H groups in total. The van der Waals surface area contributed by atoms with Gasteiger partial charge in [-0.05, 0) is 61.9 Å². The zero-order valence-corrected chi connectivity index (χ0v) is 13.8. The third-order valence-electron chi connectivity index (χ3n) is 3.09. The van der Waals surface area contributed by atoms with Gasteiger partial charge in [0.2, 0.25) is 0 Å². The third kappa shape index (κ3) is 4.74. The summed E-state index contributed by atoms with van der Waals surface area (Å²) in [6.45, 7) is 3.91. The van der Waals surface area contributed by atoms with E-state index in [1.807, 2.05) is 32.0 Å². The van der Waals surface area contributed by atoms with Crippen LogP contribution in [-0.4, -0.2) is 30.5 Å². The first kappa shape index (κ1) is 17.3. The summed E-state index contributed by atoms with van der Waals surface area (Å²) in [5.74, 6) is 0.362. The SMILES string of the molecule is COc1cc(C=NNc2ccc(C(=O)O)cc2)ccc1OC(C)C. The van der Waals surface area contributed by atoms with Crippen LogP contribution < -0.4 is 14.9 Å². The number of hydrogen-bond donors (Lipinski definition) is 2. The average molecular weight is 328 g/mol. The van der Waals surface area contributed by atoms with E-state index in [9.17, 15) is 4.79 Å². The van der Waals surface area contributed by atoms with Gasteiger partial charge in [-0.15, -0.1) is 0 Å². The molecule has 0 unspecified atom stereocenters. The van der Waals surface area contributed by atoms with Gasteiger partial charge in [0.1, 0.15) is 0 Å². The molecule has 0 saturated carbocycles. The van der Waals surface area contributed by atoms with Crippen molar-refractivity contribution in [3.63, 3.8) is 0 Å². The van der Waals surface area contributed by atoms with Gasteiger partial charge in [-0.25, -0.2) is 4.79 Å². The summed E-state index contributed by atoms with van der Waals surface area (Å²) in [5.41, 5.74) is 4.62. The number of methoxy groups -OCH3 is 1. The summed E-state index contributed by atoms with van der Waals surface area (Å²) >= 11 is 0. The summed E-state index contributed by atoms with van der Waals surface area (Å²) in [6, 6.07) is 11.9. The molecule has 0 spiro atoms. The maximum Gasteiger partial charge on any atom is 0.335 e. The van der Waals surface area contributed by atoms with Crippen LogP contribution in [0, 0.1) is 0 Å². The van der Waals surface area contributed by atoms with Crippen LogP contribution in [0.15, 0.2) is 47.6 Å².